The molecular formula is C14H19N5O. The summed E-state index contributed by atoms with van der Waals surface area (Å²) in [7, 11) is 0. The van der Waals surface area contributed by atoms with Gasteiger partial charge in [0.15, 0.2) is 0 Å². The Morgan fingerprint density at radius 1 is 1.40 bits per heavy atom. The largest absolute Gasteiger partial charge is 0.370 e. The first-order chi connectivity index (χ1) is 9.79. The maximum absolute atomic E-state index is 11.9. The van der Waals surface area contributed by atoms with E-state index < -0.39 is 0 Å². The van der Waals surface area contributed by atoms with Crippen molar-refractivity contribution in [1.82, 2.24) is 19.9 Å². The molecule has 2 N–H and O–H groups in total. The van der Waals surface area contributed by atoms with E-state index in [0.29, 0.717) is 12.2 Å². The molecule has 0 bridgehead atoms. The van der Waals surface area contributed by atoms with Gasteiger partial charge < -0.3 is 15.2 Å². The van der Waals surface area contributed by atoms with Gasteiger partial charge in [0.2, 0.25) is 0 Å². The van der Waals surface area contributed by atoms with Crippen molar-refractivity contribution in [3.8, 4) is 0 Å². The Morgan fingerprint density at radius 2 is 2.30 bits per heavy atom. The summed E-state index contributed by atoms with van der Waals surface area (Å²) in [5, 5.41) is 5.95. The molecule has 0 unspecified atom stereocenters. The number of carbonyl (C=O) groups excluding carboxylic acids is 1. The number of carbonyl (C=O) groups is 1. The molecule has 6 nitrogen and oxygen atoms in total. The summed E-state index contributed by atoms with van der Waals surface area (Å²) in [5.41, 5.74) is 0.436. The second kappa shape index (κ2) is 7.28. The van der Waals surface area contributed by atoms with Gasteiger partial charge in [0.05, 0.1) is 6.33 Å². The van der Waals surface area contributed by atoms with Gasteiger partial charge in [-0.3, -0.25) is 4.79 Å². The highest BCUT2D eigenvalue weighted by atomic mass is 16.1. The molecule has 0 saturated heterocycles. The number of pyridine rings is 1. The summed E-state index contributed by atoms with van der Waals surface area (Å²) >= 11 is 0. The average molecular weight is 273 g/mol. The topological polar surface area (TPSA) is 71.8 Å². The highest BCUT2D eigenvalue weighted by Crippen LogP contribution is 2.04. The summed E-state index contributed by atoms with van der Waals surface area (Å²) in [5.74, 6) is 0.578. The van der Waals surface area contributed by atoms with Crippen LogP contribution in [0.4, 0.5) is 5.82 Å². The summed E-state index contributed by atoms with van der Waals surface area (Å²) in [6.07, 6.45) is 6.27. The first kappa shape index (κ1) is 14.0. The molecule has 2 aromatic heterocycles. The first-order valence-corrected chi connectivity index (χ1v) is 6.74. The van der Waals surface area contributed by atoms with E-state index in [-0.39, 0.29) is 5.91 Å². The molecule has 0 saturated carbocycles. The molecular weight excluding hydrogens is 254 g/mol. The van der Waals surface area contributed by atoms with Gasteiger partial charge >= 0.3 is 0 Å². The number of aromatic nitrogens is 3. The molecule has 0 atom stereocenters. The first-order valence-electron chi connectivity index (χ1n) is 6.74. The van der Waals surface area contributed by atoms with E-state index in [1.165, 1.54) is 0 Å². The molecule has 0 spiro atoms. The van der Waals surface area contributed by atoms with E-state index in [0.717, 1.165) is 25.3 Å². The van der Waals surface area contributed by atoms with Gasteiger partial charge in [-0.05, 0) is 25.5 Å². The van der Waals surface area contributed by atoms with Gasteiger partial charge in [0.1, 0.15) is 11.5 Å². The van der Waals surface area contributed by atoms with Crippen molar-refractivity contribution >= 4 is 11.7 Å². The van der Waals surface area contributed by atoms with Crippen LogP contribution < -0.4 is 10.6 Å². The highest BCUT2D eigenvalue weighted by Gasteiger charge is 2.06. The third-order valence-corrected chi connectivity index (χ3v) is 2.78. The number of hydrogen-bond acceptors (Lipinski definition) is 4. The van der Waals surface area contributed by atoms with Gasteiger partial charge in [-0.1, -0.05) is 6.07 Å². The van der Waals surface area contributed by atoms with E-state index in [9.17, 15) is 4.79 Å². The molecule has 2 aromatic rings. The fraction of sp³-hybridized carbons (Fsp3) is 0.357. The number of imidazole rings is 1. The Labute approximate surface area is 118 Å². The van der Waals surface area contributed by atoms with Gasteiger partial charge in [0, 0.05) is 32.0 Å². The predicted molar refractivity (Wildman–Crippen MR) is 77.6 cm³/mol. The SMILES string of the molecule is CCNc1cccc(C(=O)NCCCn2ccnc2)n1. The number of amides is 1. The van der Waals surface area contributed by atoms with Crippen LogP contribution in [-0.2, 0) is 6.54 Å². The van der Waals surface area contributed by atoms with Crippen molar-refractivity contribution in [2.75, 3.05) is 18.4 Å². The lowest BCUT2D eigenvalue weighted by atomic mass is 10.3. The molecule has 0 aliphatic rings. The third-order valence-electron chi connectivity index (χ3n) is 2.78. The molecule has 2 heterocycles. The number of nitrogens with one attached hydrogen (secondary N) is 2. The Hall–Kier alpha value is -2.37. The van der Waals surface area contributed by atoms with E-state index in [1.54, 1.807) is 18.6 Å². The standard InChI is InChI=1S/C14H19N5O/c1-2-16-13-6-3-5-12(18-13)14(20)17-7-4-9-19-10-8-15-11-19/h3,5-6,8,10-11H,2,4,7,9H2,1H3,(H,16,18)(H,17,20). The molecule has 0 aromatic carbocycles. The van der Waals surface area contributed by atoms with Crippen LogP contribution in [-0.4, -0.2) is 33.5 Å². The third kappa shape index (κ3) is 4.08. The highest BCUT2D eigenvalue weighted by molar-refractivity contribution is 5.92. The zero-order valence-electron chi connectivity index (χ0n) is 11.5. The maximum Gasteiger partial charge on any atom is 0.269 e. The summed E-state index contributed by atoms with van der Waals surface area (Å²) < 4.78 is 1.98. The molecule has 0 aliphatic heterocycles. The number of hydrogen-bond donors (Lipinski definition) is 2. The molecule has 0 aliphatic carbocycles. The predicted octanol–water partition coefficient (Wildman–Crippen LogP) is 1.53. The smallest absolute Gasteiger partial charge is 0.269 e. The Morgan fingerprint density at radius 3 is 3.05 bits per heavy atom. The molecule has 0 radical (unpaired) electrons. The fourth-order valence-corrected chi connectivity index (χ4v) is 1.81. The van der Waals surface area contributed by atoms with Crippen molar-refractivity contribution in [2.45, 2.75) is 19.9 Å². The van der Waals surface area contributed by atoms with Crippen molar-refractivity contribution < 1.29 is 4.79 Å². The van der Waals surface area contributed by atoms with Gasteiger partial charge in [-0.15, -0.1) is 0 Å². The normalized spacial score (nSPS) is 10.2. The molecule has 106 valence electrons. The number of anilines is 1. The lowest BCUT2D eigenvalue weighted by molar-refractivity contribution is 0.0948. The van der Waals surface area contributed by atoms with Crippen LogP contribution in [0.5, 0.6) is 0 Å². The Bertz CT molecular complexity index is 538. The van der Waals surface area contributed by atoms with Crippen molar-refractivity contribution in [3.63, 3.8) is 0 Å². The average Bonchev–Trinajstić information content (AvgIpc) is 2.97. The maximum atomic E-state index is 11.9. The Balaban J connectivity index is 1.78. The quantitative estimate of drug-likeness (QED) is 0.750. The summed E-state index contributed by atoms with van der Waals surface area (Å²) in [4.78, 5) is 20.2. The van der Waals surface area contributed by atoms with Crippen LogP contribution >= 0.6 is 0 Å². The zero-order valence-corrected chi connectivity index (χ0v) is 11.5. The summed E-state index contributed by atoms with van der Waals surface area (Å²) in [6, 6.07) is 5.39. The fourth-order valence-electron chi connectivity index (χ4n) is 1.81. The monoisotopic (exact) mass is 273 g/mol. The van der Waals surface area contributed by atoms with Crippen LogP contribution in [0.1, 0.15) is 23.8 Å². The van der Waals surface area contributed by atoms with Gasteiger partial charge in [-0.25, -0.2) is 9.97 Å². The Kier molecular flexibility index (Phi) is 5.11. The van der Waals surface area contributed by atoms with Crippen LogP contribution in [0.3, 0.4) is 0 Å². The second-order valence-corrected chi connectivity index (χ2v) is 4.35. The van der Waals surface area contributed by atoms with Crippen LogP contribution in [0.25, 0.3) is 0 Å². The zero-order chi connectivity index (χ0) is 14.2. The molecule has 1 amide bonds. The lowest BCUT2D eigenvalue weighted by Gasteiger charge is -2.07. The van der Waals surface area contributed by atoms with E-state index in [1.807, 2.05) is 29.8 Å². The second-order valence-electron chi connectivity index (χ2n) is 4.35. The molecule has 20 heavy (non-hydrogen) atoms. The van der Waals surface area contributed by atoms with Crippen molar-refractivity contribution in [2.24, 2.45) is 0 Å². The van der Waals surface area contributed by atoms with E-state index in [2.05, 4.69) is 20.6 Å². The van der Waals surface area contributed by atoms with E-state index in [4.69, 9.17) is 0 Å². The molecule has 0 fully saturated rings. The van der Waals surface area contributed by atoms with Crippen molar-refractivity contribution in [1.29, 1.82) is 0 Å². The van der Waals surface area contributed by atoms with Gasteiger partial charge in [0.25, 0.3) is 5.91 Å². The van der Waals surface area contributed by atoms with E-state index >= 15 is 0 Å². The van der Waals surface area contributed by atoms with Gasteiger partial charge in [-0.2, -0.15) is 0 Å². The minimum Gasteiger partial charge on any atom is -0.370 e. The number of nitrogens with zero attached hydrogens (tertiary/aromatic N) is 3. The number of rotatable bonds is 7. The number of aryl methyl sites for hydroxylation is 1. The lowest BCUT2D eigenvalue weighted by Crippen LogP contribution is -2.26. The summed E-state index contributed by atoms with van der Waals surface area (Å²) in [6.45, 7) is 4.22. The van der Waals surface area contributed by atoms with Crippen LogP contribution in [0.15, 0.2) is 36.9 Å². The molecule has 2 rings (SSSR count). The minimum atomic E-state index is -0.143. The van der Waals surface area contributed by atoms with Crippen molar-refractivity contribution in [3.05, 3.63) is 42.6 Å². The minimum absolute atomic E-state index is 0.143. The van der Waals surface area contributed by atoms with Crippen LogP contribution in [0.2, 0.25) is 0 Å². The molecule has 6 heteroatoms. The van der Waals surface area contributed by atoms with Crippen LogP contribution in [0, 0.1) is 0 Å².